The van der Waals surface area contributed by atoms with Crippen LogP contribution in [0.1, 0.15) is 5.56 Å². The number of nitrogens with zero attached hydrogens (tertiary/aromatic N) is 1. The molecule has 136 valence electrons. The fraction of sp³-hybridized carbons (Fsp3) is 0.333. The lowest BCUT2D eigenvalue weighted by Gasteiger charge is -2.21. The van der Waals surface area contributed by atoms with Crippen LogP contribution in [-0.2, 0) is 6.54 Å². The Balaban J connectivity index is 2.08. The number of methoxy groups -OCH3 is 2. The minimum absolute atomic E-state index is 0.190. The molecule has 0 aliphatic heterocycles. The zero-order valence-corrected chi connectivity index (χ0v) is 14.3. The van der Waals surface area contributed by atoms with Crippen LogP contribution in [0.25, 0.3) is 0 Å². The van der Waals surface area contributed by atoms with Gasteiger partial charge in [-0.3, -0.25) is 0 Å². The van der Waals surface area contributed by atoms with Crippen molar-refractivity contribution in [3.8, 4) is 17.2 Å². The first-order valence-electron chi connectivity index (χ1n) is 7.54. The summed E-state index contributed by atoms with van der Waals surface area (Å²) < 4.78 is 52.0. The number of rotatable bonds is 7. The maximum atomic E-state index is 12.3. The summed E-state index contributed by atoms with van der Waals surface area (Å²) in [5.74, 6) is 1.42. The largest absolute Gasteiger partial charge is 0.493 e. The van der Waals surface area contributed by atoms with Gasteiger partial charge in [-0.05, 0) is 29.8 Å². The van der Waals surface area contributed by atoms with Crippen LogP contribution in [0.15, 0.2) is 42.5 Å². The summed E-state index contributed by atoms with van der Waals surface area (Å²) in [6.07, 6.45) is -4.35. The van der Waals surface area contributed by atoms with Gasteiger partial charge in [0.1, 0.15) is 5.75 Å². The molecule has 0 saturated carbocycles. The predicted octanol–water partition coefficient (Wildman–Crippen LogP) is 4.28. The van der Waals surface area contributed by atoms with Crippen LogP contribution in [0, 0.1) is 0 Å². The second-order valence-corrected chi connectivity index (χ2v) is 5.45. The molecular weight excluding hydrogens is 335 g/mol. The average Bonchev–Trinajstić information content (AvgIpc) is 2.59. The molecule has 4 nitrogen and oxygen atoms in total. The topological polar surface area (TPSA) is 30.9 Å². The molecule has 0 aliphatic carbocycles. The zero-order valence-electron chi connectivity index (χ0n) is 14.3. The van der Waals surface area contributed by atoms with E-state index in [0.29, 0.717) is 18.0 Å². The molecule has 25 heavy (non-hydrogen) atoms. The summed E-state index contributed by atoms with van der Waals surface area (Å²) >= 11 is 0. The van der Waals surface area contributed by atoms with Gasteiger partial charge in [0.25, 0.3) is 0 Å². The minimum Gasteiger partial charge on any atom is -0.493 e. The number of benzene rings is 2. The number of anilines is 1. The van der Waals surface area contributed by atoms with Gasteiger partial charge in [-0.15, -0.1) is 0 Å². The highest BCUT2D eigenvalue weighted by molar-refractivity contribution is 5.56. The lowest BCUT2D eigenvalue weighted by atomic mass is 10.2. The van der Waals surface area contributed by atoms with Gasteiger partial charge in [-0.2, -0.15) is 13.2 Å². The lowest BCUT2D eigenvalue weighted by molar-refractivity contribution is -0.153. The number of hydrogen-bond donors (Lipinski definition) is 0. The van der Waals surface area contributed by atoms with Crippen LogP contribution in [0.4, 0.5) is 18.9 Å². The predicted molar refractivity (Wildman–Crippen MR) is 89.6 cm³/mol. The standard InChI is InChI=1S/C18H20F3NO3/c1-22(14-7-8-16(23-2)17(10-14)24-3)11-13-5-4-6-15(9-13)25-12-18(19,20)21/h4-10H,11-12H2,1-3H3. The molecule has 7 heteroatoms. The first-order chi connectivity index (χ1) is 11.8. The highest BCUT2D eigenvalue weighted by atomic mass is 19.4. The number of hydrogen-bond acceptors (Lipinski definition) is 4. The zero-order chi connectivity index (χ0) is 18.4. The van der Waals surface area contributed by atoms with Crippen LogP contribution in [0.2, 0.25) is 0 Å². The smallest absolute Gasteiger partial charge is 0.422 e. The second kappa shape index (κ2) is 8.00. The third kappa shape index (κ3) is 5.48. The van der Waals surface area contributed by atoms with Crippen molar-refractivity contribution in [3.63, 3.8) is 0 Å². The quantitative estimate of drug-likeness (QED) is 0.742. The molecular formula is C18H20F3NO3. The Bertz CT molecular complexity index is 704. The van der Waals surface area contributed by atoms with Crippen molar-refractivity contribution in [1.82, 2.24) is 0 Å². The number of ether oxygens (including phenoxy) is 3. The summed E-state index contributed by atoms with van der Waals surface area (Å²) in [7, 11) is 5.00. The van der Waals surface area contributed by atoms with E-state index in [9.17, 15) is 13.2 Å². The van der Waals surface area contributed by atoms with Crippen LogP contribution in [-0.4, -0.2) is 34.1 Å². The molecule has 0 amide bonds. The highest BCUT2D eigenvalue weighted by Gasteiger charge is 2.28. The van der Waals surface area contributed by atoms with Crippen molar-refractivity contribution >= 4 is 5.69 Å². The van der Waals surface area contributed by atoms with E-state index in [-0.39, 0.29) is 5.75 Å². The van der Waals surface area contributed by atoms with Crippen LogP contribution in [0.3, 0.4) is 0 Å². The van der Waals surface area contributed by atoms with E-state index in [0.717, 1.165) is 11.3 Å². The van der Waals surface area contributed by atoms with Crippen LogP contribution in [0.5, 0.6) is 17.2 Å². The molecule has 0 fully saturated rings. The Labute approximate surface area is 144 Å². The Morgan fingerprint density at radius 3 is 2.32 bits per heavy atom. The molecule has 0 unspecified atom stereocenters. The van der Waals surface area contributed by atoms with E-state index < -0.39 is 12.8 Å². The van der Waals surface area contributed by atoms with Crippen molar-refractivity contribution in [1.29, 1.82) is 0 Å². The fourth-order valence-corrected chi connectivity index (χ4v) is 2.33. The molecule has 0 spiro atoms. The Kier molecular flexibility index (Phi) is 6.01. The van der Waals surface area contributed by atoms with E-state index in [1.54, 1.807) is 32.4 Å². The fourth-order valence-electron chi connectivity index (χ4n) is 2.33. The second-order valence-electron chi connectivity index (χ2n) is 5.45. The summed E-state index contributed by atoms with van der Waals surface area (Å²) in [5.41, 5.74) is 1.72. The van der Waals surface area contributed by atoms with E-state index in [1.165, 1.54) is 6.07 Å². The van der Waals surface area contributed by atoms with Gasteiger partial charge in [0.05, 0.1) is 14.2 Å². The van der Waals surface area contributed by atoms with Crippen LogP contribution >= 0.6 is 0 Å². The first-order valence-corrected chi connectivity index (χ1v) is 7.54. The third-order valence-electron chi connectivity index (χ3n) is 3.53. The average molecular weight is 355 g/mol. The summed E-state index contributed by atoms with van der Waals surface area (Å²) in [5, 5.41) is 0. The minimum atomic E-state index is -4.35. The van der Waals surface area contributed by atoms with Gasteiger partial charge in [0.2, 0.25) is 0 Å². The maximum absolute atomic E-state index is 12.3. The lowest BCUT2D eigenvalue weighted by Crippen LogP contribution is -2.19. The third-order valence-corrected chi connectivity index (χ3v) is 3.53. The SMILES string of the molecule is COc1ccc(N(C)Cc2cccc(OCC(F)(F)F)c2)cc1OC. The molecule has 0 bridgehead atoms. The molecule has 2 aromatic carbocycles. The van der Waals surface area contributed by atoms with Gasteiger partial charge in [0.15, 0.2) is 18.1 Å². The molecule has 0 radical (unpaired) electrons. The first kappa shape index (κ1) is 18.8. The van der Waals surface area contributed by atoms with Crippen LogP contribution < -0.4 is 19.1 Å². The molecule has 0 aromatic heterocycles. The molecule has 0 atom stereocenters. The Morgan fingerprint density at radius 2 is 1.68 bits per heavy atom. The Morgan fingerprint density at radius 1 is 0.960 bits per heavy atom. The summed E-state index contributed by atoms with van der Waals surface area (Å²) in [6.45, 7) is -0.805. The van der Waals surface area contributed by atoms with Gasteiger partial charge < -0.3 is 19.1 Å². The van der Waals surface area contributed by atoms with Gasteiger partial charge in [-0.1, -0.05) is 12.1 Å². The van der Waals surface area contributed by atoms with Crippen molar-refractivity contribution in [3.05, 3.63) is 48.0 Å². The van der Waals surface area contributed by atoms with Crippen molar-refractivity contribution in [2.24, 2.45) is 0 Å². The molecule has 0 saturated heterocycles. The van der Waals surface area contributed by atoms with E-state index >= 15 is 0 Å². The van der Waals surface area contributed by atoms with E-state index in [1.807, 2.05) is 30.1 Å². The van der Waals surface area contributed by atoms with Crippen molar-refractivity contribution in [2.45, 2.75) is 12.7 Å². The molecule has 0 aliphatic rings. The summed E-state index contributed by atoms with van der Waals surface area (Å²) in [6, 6.07) is 12.1. The maximum Gasteiger partial charge on any atom is 0.422 e. The van der Waals surface area contributed by atoms with Gasteiger partial charge in [0, 0.05) is 25.3 Å². The Hall–Kier alpha value is -2.57. The van der Waals surface area contributed by atoms with Gasteiger partial charge >= 0.3 is 6.18 Å². The van der Waals surface area contributed by atoms with Crippen molar-refractivity contribution in [2.75, 3.05) is 32.8 Å². The molecule has 2 aromatic rings. The molecule has 0 heterocycles. The van der Waals surface area contributed by atoms with Crippen molar-refractivity contribution < 1.29 is 27.4 Å². The highest BCUT2D eigenvalue weighted by Crippen LogP contribution is 2.31. The number of alkyl halides is 3. The summed E-state index contributed by atoms with van der Waals surface area (Å²) in [4.78, 5) is 1.95. The van der Waals surface area contributed by atoms with E-state index in [4.69, 9.17) is 14.2 Å². The monoisotopic (exact) mass is 355 g/mol. The normalized spacial score (nSPS) is 11.1. The molecule has 2 rings (SSSR count). The van der Waals surface area contributed by atoms with E-state index in [2.05, 4.69) is 0 Å². The molecule has 0 N–H and O–H groups in total. The number of halogens is 3. The van der Waals surface area contributed by atoms with Gasteiger partial charge in [-0.25, -0.2) is 0 Å².